The fourth-order valence-corrected chi connectivity index (χ4v) is 15.4. The van der Waals surface area contributed by atoms with Crippen LogP contribution in [0.25, 0.3) is 111 Å². The number of hydrogen-bond donors (Lipinski definition) is 4. The average Bonchev–Trinajstić information content (AvgIpc) is 1.64. The number of benzene rings is 8. The lowest BCUT2D eigenvalue weighted by molar-refractivity contribution is -0.137. The minimum absolute atomic E-state index is 0.262. The van der Waals surface area contributed by atoms with Gasteiger partial charge in [-0.25, -0.2) is 28.7 Å². The van der Waals surface area contributed by atoms with Crippen LogP contribution in [0.15, 0.2) is 190 Å². The molecule has 4 N–H and O–H groups in total. The van der Waals surface area contributed by atoms with Crippen molar-refractivity contribution in [2.24, 2.45) is 0 Å². The maximum absolute atomic E-state index is 13.8. The topological polar surface area (TPSA) is 219 Å². The predicted molar refractivity (Wildman–Crippen MR) is 440 cm³/mol. The van der Waals surface area contributed by atoms with Crippen LogP contribution in [-0.2, 0) is 6.18 Å². The third-order valence-corrected chi connectivity index (χ3v) is 22.2. The molecule has 0 atom stereocenters. The molecule has 0 unspecified atom stereocenters. The number of halogens is 6. The lowest BCUT2D eigenvalue weighted by Gasteiger charge is -2.12. The molecule has 16 aromatic rings. The molecule has 0 aliphatic heterocycles. The zero-order valence-electron chi connectivity index (χ0n) is 64.6. The van der Waals surface area contributed by atoms with Crippen LogP contribution in [0.4, 0.5) is 22.0 Å². The minimum Gasteiger partial charge on any atom is -0.361 e. The van der Waals surface area contributed by atoms with E-state index >= 15 is 0 Å². The summed E-state index contributed by atoms with van der Waals surface area (Å²) in [5, 5.41) is 17.1. The van der Waals surface area contributed by atoms with Gasteiger partial charge in [0.25, 0.3) is 0 Å². The van der Waals surface area contributed by atoms with Gasteiger partial charge in [0.05, 0.1) is 72.5 Å². The summed E-state index contributed by atoms with van der Waals surface area (Å²) in [6, 6.07) is 42.3. The Hall–Kier alpha value is -12.6. The Morgan fingerprint density at radius 3 is 0.896 bits per heavy atom. The molecule has 16 nitrogen and oxygen atoms in total. The molecule has 4 aliphatic carbocycles. The number of aromatic amines is 4. The van der Waals surface area contributed by atoms with E-state index in [0.717, 1.165) is 245 Å². The summed E-state index contributed by atoms with van der Waals surface area (Å²) >= 11 is 6.07. The van der Waals surface area contributed by atoms with E-state index in [1.54, 1.807) is 18.2 Å². The molecule has 0 saturated heterocycles. The number of rotatable bonds is 16. The van der Waals surface area contributed by atoms with Crippen LogP contribution in [0.1, 0.15) is 194 Å². The maximum atomic E-state index is 13.8. The second-order valence-corrected chi connectivity index (χ2v) is 31.0. The number of aryl methyl sites for hydroxylation is 8. The summed E-state index contributed by atoms with van der Waals surface area (Å²) in [4.78, 5) is 33.4. The predicted octanol–water partition coefficient (Wildman–Crippen LogP) is 25.0. The largest absolute Gasteiger partial charge is 0.416 e. The van der Waals surface area contributed by atoms with Crippen molar-refractivity contribution in [2.75, 3.05) is 0 Å². The van der Waals surface area contributed by atoms with Crippen molar-refractivity contribution < 1.29 is 40.0 Å². The van der Waals surface area contributed by atoms with E-state index in [1.165, 1.54) is 62.1 Å². The van der Waals surface area contributed by atoms with Gasteiger partial charge in [0.15, 0.2) is 0 Å². The van der Waals surface area contributed by atoms with Gasteiger partial charge in [0.1, 0.15) is 58.0 Å². The monoisotopic (exact) mass is 1560 g/mol. The molecule has 8 heterocycles. The minimum atomic E-state index is -4.38. The highest BCUT2D eigenvalue weighted by Crippen LogP contribution is 2.47. The highest BCUT2D eigenvalue weighted by atomic mass is 35.5. The van der Waals surface area contributed by atoms with Gasteiger partial charge < -0.3 is 38.0 Å². The van der Waals surface area contributed by atoms with Gasteiger partial charge in [0.2, 0.25) is 0 Å². The van der Waals surface area contributed by atoms with Crippen molar-refractivity contribution >= 4 is 78.0 Å². The van der Waals surface area contributed by atoms with Gasteiger partial charge in [-0.05, 0) is 271 Å². The van der Waals surface area contributed by atoms with E-state index in [-0.39, 0.29) is 11.6 Å². The zero-order valence-corrected chi connectivity index (χ0v) is 65.4. The van der Waals surface area contributed by atoms with Gasteiger partial charge in [0, 0.05) is 73.2 Å². The quantitative estimate of drug-likeness (QED) is 0.0664. The van der Waals surface area contributed by atoms with Crippen LogP contribution < -0.4 is 0 Å². The SMILES string of the molecule is C=C(c1ccc(C(F)(F)F)cc1)c1cc(-c2c(C)noc2C)cc2[nH]c(C3CC3)nc12.C=C(c1ccc(Cl)cc1)c1cc(-c2c(C)noc2C)cc2[nH]c(C3CC3)nc12.C=C(c1ccc(F)cc1)c1cc(-c2c(C)noc2C)cc2[nH]c(C3CC3)nc12.C=C(c1cccc(F)c1)c1cc(-c2c(C)noc2C)cc2[nH]c(C3CC3)nc12. The molecule has 8 aromatic heterocycles. The third kappa shape index (κ3) is 15.1. The summed E-state index contributed by atoms with van der Waals surface area (Å²) in [6.45, 7) is 32.5. The normalized spacial score (nSPS) is 14.1. The van der Waals surface area contributed by atoms with E-state index in [2.05, 4.69) is 103 Å². The molecular formula is C93H80ClF5N12O4. The van der Waals surface area contributed by atoms with E-state index in [1.807, 2.05) is 97.9 Å². The lowest BCUT2D eigenvalue weighted by atomic mass is 9.93. The van der Waals surface area contributed by atoms with E-state index in [9.17, 15) is 22.0 Å². The average molecular weight is 1560 g/mol. The van der Waals surface area contributed by atoms with Gasteiger partial charge in [-0.2, -0.15) is 13.2 Å². The first-order chi connectivity index (χ1) is 55.2. The number of fused-ring (bicyclic) bond motifs is 4. The molecule has 4 aliphatic rings. The number of imidazole rings is 4. The van der Waals surface area contributed by atoms with Crippen LogP contribution in [0.3, 0.4) is 0 Å². The van der Waals surface area contributed by atoms with Crippen molar-refractivity contribution in [1.29, 1.82) is 0 Å². The molecule has 115 heavy (non-hydrogen) atoms. The van der Waals surface area contributed by atoms with Crippen LogP contribution in [0.5, 0.6) is 0 Å². The highest BCUT2D eigenvalue weighted by Gasteiger charge is 2.34. The number of nitrogens with one attached hydrogen (secondary N) is 4. The molecular weight excluding hydrogens is 1480 g/mol. The molecule has 4 saturated carbocycles. The Bertz CT molecular complexity index is 6270. The van der Waals surface area contributed by atoms with Crippen molar-refractivity contribution in [3.63, 3.8) is 0 Å². The van der Waals surface area contributed by atoms with Crippen molar-refractivity contribution in [3.05, 3.63) is 308 Å². The number of aromatic nitrogens is 12. The Balaban J connectivity index is 0.000000111. The first-order valence-corrected chi connectivity index (χ1v) is 38.7. The first kappa shape index (κ1) is 75.1. The molecule has 0 amide bonds. The Morgan fingerprint density at radius 1 is 0.357 bits per heavy atom. The van der Waals surface area contributed by atoms with Crippen LogP contribution >= 0.6 is 11.6 Å². The molecule has 4 fully saturated rings. The number of alkyl halides is 3. The van der Waals surface area contributed by atoms with E-state index in [0.29, 0.717) is 45.6 Å². The first-order valence-electron chi connectivity index (χ1n) is 38.4. The third-order valence-electron chi connectivity index (χ3n) is 22.0. The second-order valence-electron chi connectivity index (χ2n) is 30.6. The van der Waals surface area contributed by atoms with Gasteiger partial charge in [-0.15, -0.1) is 0 Å². The summed E-state index contributed by atoms with van der Waals surface area (Å²) in [6.07, 6.45) is 4.90. The van der Waals surface area contributed by atoms with Crippen molar-refractivity contribution in [3.8, 4) is 44.5 Å². The fraction of sp³-hybridized carbons (Fsp3) is 0.226. The second kappa shape index (κ2) is 29.7. The summed E-state index contributed by atoms with van der Waals surface area (Å²) in [5.41, 5.74) is 27.7. The summed E-state index contributed by atoms with van der Waals surface area (Å²) in [7, 11) is 0. The molecule has 0 bridgehead atoms. The number of hydrogen-bond acceptors (Lipinski definition) is 12. The zero-order chi connectivity index (χ0) is 80.2. The van der Waals surface area contributed by atoms with Crippen molar-refractivity contribution in [2.45, 2.75) is 137 Å². The van der Waals surface area contributed by atoms with Gasteiger partial charge in [-0.1, -0.05) is 107 Å². The molecule has 8 aromatic carbocycles. The fourth-order valence-electron chi connectivity index (χ4n) is 15.3. The molecule has 0 spiro atoms. The van der Waals surface area contributed by atoms with Gasteiger partial charge in [-0.3, -0.25) is 0 Å². The van der Waals surface area contributed by atoms with Crippen LogP contribution in [-0.4, -0.2) is 60.5 Å². The molecule has 578 valence electrons. The standard InChI is InChI=1S/C24H20F3N3O.C23H20ClN3O.2C23H20FN3O/c1-12(15-6-8-18(9-7-15)24(25,26)27)19-10-17(21-13(2)30-31-14(21)3)11-20-22(19)29-23(28-20)16-4-5-16;2*1-12(15-6-8-18(24)9-7-15)19-10-17(21-13(2)27-28-14(21)3)11-20-22(19)26-23(25-20)16-4-5-16;1-12(16-5-4-6-18(24)9-16)19-10-17(21-13(2)27-28-14(21)3)11-20-22(19)26-23(25-20)15-7-8-15/h6-11,16H,1,4-5H2,2-3H3,(H,28,29);2*6-11,16H,1,4-5H2,2-3H3,(H,25,26);4-6,9-11,15H,1,7-8H2,2-3H3,(H,25,26). The lowest BCUT2D eigenvalue weighted by Crippen LogP contribution is -2.04. The Morgan fingerprint density at radius 2 is 0.635 bits per heavy atom. The number of H-pyrrole nitrogens is 4. The summed E-state index contributed by atoms with van der Waals surface area (Å²) in [5.74, 6) is 8.55. The van der Waals surface area contributed by atoms with Crippen molar-refractivity contribution in [1.82, 2.24) is 60.5 Å². The van der Waals surface area contributed by atoms with Gasteiger partial charge >= 0.3 is 6.18 Å². The van der Waals surface area contributed by atoms with E-state index < -0.39 is 11.7 Å². The van der Waals surface area contributed by atoms with Crippen LogP contribution in [0, 0.1) is 67.0 Å². The smallest absolute Gasteiger partial charge is 0.361 e. The molecule has 0 radical (unpaired) electrons. The molecule has 20 rings (SSSR count). The highest BCUT2D eigenvalue weighted by molar-refractivity contribution is 6.30. The maximum Gasteiger partial charge on any atom is 0.416 e. The summed E-state index contributed by atoms with van der Waals surface area (Å²) < 4.78 is 87.6. The number of nitrogens with zero attached hydrogens (tertiary/aromatic N) is 8. The molecule has 22 heteroatoms. The Kier molecular flexibility index (Phi) is 19.4. The van der Waals surface area contributed by atoms with Crippen LogP contribution in [0.2, 0.25) is 5.02 Å². The van der Waals surface area contributed by atoms with E-state index in [4.69, 9.17) is 49.6 Å². The Labute approximate surface area is 663 Å².